The van der Waals surface area contributed by atoms with E-state index in [4.69, 9.17) is 0 Å². The fourth-order valence-corrected chi connectivity index (χ4v) is 6.79. The number of aliphatic hydroxyl groups is 4. The third kappa shape index (κ3) is 2.39. The average molecular weight is 400 g/mol. The van der Waals surface area contributed by atoms with Crippen LogP contribution in [0.5, 0.6) is 0 Å². The normalized spacial score (nSPS) is 50.9. The van der Waals surface area contributed by atoms with Crippen LogP contribution in [-0.2, 0) is 9.59 Å². The molecule has 0 spiro atoms. The number of rotatable bonds is 5. The van der Waals surface area contributed by atoms with Crippen LogP contribution in [0.2, 0.25) is 0 Å². The van der Waals surface area contributed by atoms with Gasteiger partial charge in [-0.1, -0.05) is 26.7 Å². The number of hydrogen-bond donors (Lipinski definition) is 4. The molecule has 0 aliphatic heterocycles. The first-order chi connectivity index (χ1) is 12.9. The fourth-order valence-electron chi connectivity index (χ4n) is 6.79. The molecule has 0 aromatic rings. The van der Waals surface area contributed by atoms with Crippen molar-refractivity contribution in [3.63, 3.8) is 0 Å². The van der Waals surface area contributed by atoms with Crippen LogP contribution in [0.4, 0.5) is 4.39 Å². The van der Waals surface area contributed by atoms with Gasteiger partial charge in [0.2, 0.25) is 0 Å². The lowest BCUT2D eigenvalue weighted by atomic mass is 9.45. The zero-order valence-corrected chi connectivity index (χ0v) is 16.9. The Labute approximate surface area is 165 Å². The number of hydrogen-bond acceptors (Lipinski definition) is 6. The minimum absolute atomic E-state index is 0.000154. The molecule has 160 valence electrons. The van der Waals surface area contributed by atoms with Crippen molar-refractivity contribution in [2.45, 2.75) is 89.2 Å². The highest BCUT2D eigenvalue weighted by Crippen LogP contribution is 2.68. The van der Waals surface area contributed by atoms with E-state index < -0.39 is 58.5 Å². The summed E-state index contributed by atoms with van der Waals surface area (Å²) in [4.78, 5) is 25.2. The minimum atomic E-state index is -2.24. The maximum atomic E-state index is 16.7. The maximum absolute atomic E-state index is 16.7. The van der Waals surface area contributed by atoms with E-state index in [1.807, 2.05) is 6.92 Å². The van der Waals surface area contributed by atoms with Gasteiger partial charge in [-0.05, 0) is 38.5 Å². The molecule has 28 heavy (non-hydrogen) atoms. The van der Waals surface area contributed by atoms with E-state index in [0.29, 0.717) is 12.8 Å². The summed E-state index contributed by atoms with van der Waals surface area (Å²) in [6, 6.07) is 0. The molecule has 4 N–H and O–H groups in total. The molecule has 0 amide bonds. The summed E-state index contributed by atoms with van der Waals surface area (Å²) in [7, 11) is 0. The van der Waals surface area contributed by atoms with E-state index in [-0.39, 0.29) is 31.5 Å². The van der Waals surface area contributed by atoms with Crippen LogP contribution in [-0.4, -0.2) is 62.1 Å². The van der Waals surface area contributed by atoms with Gasteiger partial charge < -0.3 is 20.4 Å². The molecule has 7 heteroatoms. The first kappa shape index (κ1) is 21.8. The van der Waals surface area contributed by atoms with E-state index in [9.17, 15) is 30.0 Å². The van der Waals surface area contributed by atoms with Crippen molar-refractivity contribution in [2.75, 3.05) is 6.61 Å². The Kier molecular flexibility index (Phi) is 5.32. The van der Waals surface area contributed by atoms with Crippen molar-refractivity contribution in [1.82, 2.24) is 0 Å². The van der Waals surface area contributed by atoms with Gasteiger partial charge in [0.25, 0.3) is 0 Å². The molecule has 0 saturated heterocycles. The van der Waals surface area contributed by atoms with E-state index in [2.05, 4.69) is 0 Å². The monoisotopic (exact) mass is 400 g/mol. The third-order valence-corrected chi connectivity index (χ3v) is 8.52. The van der Waals surface area contributed by atoms with Crippen molar-refractivity contribution >= 4 is 11.6 Å². The summed E-state index contributed by atoms with van der Waals surface area (Å²) in [6.45, 7) is 4.20. The van der Waals surface area contributed by atoms with Crippen molar-refractivity contribution in [3.8, 4) is 0 Å². The minimum Gasteiger partial charge on any atom is -0.390 e. The number of Topliss-reactive ketones (excluding diaryl/α,β-unsaturated/α-hetero) is 2. The van der Waals surface area contributed by atoms with Crippen LogP contribution >= 0.6 is 0 Å². The lowest BCUT2D eigenvalue weighted by molar-refractivity contribution is -0.235. The number of halogens is 1. The van der Waals surface area contributed by atoms with Gasteiger partial charge in [0.15, 0.2) is 17.1 Å². The standard InChI is InChI=1S/C21H33FO6/c1-4-5-8-18(2)14(24)7-6-12-13-9-15(25)21(28,17(27)11-23)19(13,3)10-16(26)20(12,18)22/h12-13,15-16,23,25-26,28H,4-11H2,1-3H3/t12-,13-,15+,16-,18-,19-,20-,21-/m0/s1. The zero-order valence-electron chi connectivity index (χ0n) is 16.9. The number of aliphatic hydroxyl groups excluding tert-OH is 3. The molecule has 3 rings (SSSR count). The SMILES string of the molecule is CCCC[C@@]1(C)C(=O)CC[C@H]2[C@@H]3C[C@@H](O)[C@](O)(C(=O)CO)[C@@]3(C)C[C@H](O)[C@@]21F. The lowest BCUT2D eigenvalue weighted by Crippen LogP contribution is -2.71. The molecule has 3 fully saturated rings. The largest absolute Gasteiger partial charge is 0.390 e. The van der Waals surface area contributed by atoms with Crippen molar-refractivity contribution in [3.05, 3.63) is 0 Å². The van der Waals surface area contributed by atoms with Gasteiger partial charge in [0, 0.05) is 17.8 Å². The Balaban J connectivity index is 2.10. The second kappa shape index (κ2) is 6.83. The molecule has 0 unspecified atom stereocenters. The van der Waals surface area contributed by atoms with Gasteiger partial charge in [-0.25, -0.2) is 4.39 Å². The van der Waals surface area contributed by atoms with E-state index >= 15 is 4.39 Å². The molecule has 6 nitrogen and oxygen atoms in total. The molecule has 0 aromatic heterocycles. The Hall–Kier alpha value is -0.890. The molecule has 3 saturated carbocycles. The highest BCUT2D eigenvalue weighted by Gasteiger charge is 2.76. The first-order valence-corrected chi connectivity index (χ1v) is 10.4. The van der Waals surface area contributed by atoms with Crippen molar-refractivity contribution < 1.29 is 34.4 Å². The van der Waals surface area contributed by atoms with Crippen LogP contribution in [0.3, 0.4) is 0 Å². The van der Waals surface area contributed by atoms with Gasteiger partial charge in [-0.2, -0.15) is 0 Å². The Bertz CT molecular complexity index is 669. The second-order valence-electron chi connectivity index (χ2n) is 9.62. The van der Waals surface area contributed by atoms with E-state index in [0.717, 1.165) is 6.42 Å². The number of unbranched alkanes of at least 4 members (excludes halogenated alkanes) is 1. The van der Waals surface area contributed by atoms with E-state index in [1.54, 1.807) is 13.8 Å². The summed E-state index contributed by atoms with van der Waals surface area (Å²) in [5.74, 6) is -2.44. The molecule has 8 atom stereocenters. The molecular formula is C21H33FO6. The topological polar surface area (TPSA) is 115 Å². The molecule has 0 bridgehead atoms. The van der Waals surface area contributed by atoms with Gasteiger partial charge in [0.05, 0.1) is 17.6 Å². The van der Waals surface area contributed by atoms with E-state index in [1.165, 1.54) is 0 Å². The number of ketones is 2. The first-order valence-electron chi connectivity index (χ1n) is 10.4. The molecule has 0 radical (unpaired) electrons. The number of alkyl halides is 1. The summed E-state index contributed by atoms with van der Waals surface area (Å²) >= 11 is 0. The summed E-state index contributed by atoms with van der Waals surface area (Å²) in [6.07, 6.45) is -1.07. The Morgan fingerprint density at radius 2 is 1.86 bits per heavy atom. The van der Waals surface area contributed by atoms with Crippen molar-refractivity contribution in [2.24, 2.45) is 22.7 Å². The van der Waals surface area contributed by atoms with Crippen LogP contribution in [0.25, 0.3) is 0 Å². The Morgan fingerprint density at radius 3 is 2.43 bits per heavy atom. The second-order valence-corrected chi connectivity index (χ2v) is 9.62. The predicted octanol–water partition coefficient (Wildman–Crippen LogP) is 1.31. The quantitative estimate of drug-likeness (QED) is 0.553. The Morgan fingerprint density at radius 1 is 1.21 bits per heavy atom. The highest BCUT2D eigenvalue weighted by molar-refractivity contribution is 5.91. The maximum Gasteiger partial charge on any atom is 0.192 e. The van der Waals surface area contributed by atoms with Crippen LogP contribution in [0, 0.1) is 22.7 Å². The van der Waals surface area contributed by atoms with Gasteiger partial charge in [-0.15, -0.1) is 0 Å². The fraction of sp³-hybridized carbons (Fsp3) is 0.905. The molecule has 3 aliphatic carbocycles. The van der Waals surface area contributed by atoms with Crippen LogP contribution in [0.1, 0.15) is 65.7 Å². The lowest BCUT2D eigenvalue weighted by Gasteiger charge is -2.61. The third-order valence-electron chi connectivity index (χ3n) is 8.52. The smallest absolute Gasteiger partial charge is 0.192 e. The van der Waals surface area contributed by atoms with Gasteiger partial charge >= 0.3 is 0 Å². The molecular weight excluding hydrogens is 367 g/mol. The summed E-state index contributed by atoms with van der Waals surface area (Å²) < 4.78 is 16.7. The number of fused-ring (bicyclic) bond motifs is 3. The van der Waals surface area contributed by atoms with Crippen LogP contribution in [0.15, 0.2) is 0 Å². The highest BCUT2D eigenvalue weighted by atomic mass is 19.1. The number of carbonyl (C=O) groups excluding carboxylic acids is 2. The number of carbonyl (C=O) groups is 2. The predicted molar refractivity (Wildman–Crippen MR) is 99.1 cm³/mol. The summed E-state index contributed by atoms with van der Waals surface area (Å²) in [5, 5.41) is 42.1. The summed E-state index contributed by atoms with van der Waals surface area (Å²) in [5.41, 5.74) is -7.03. The van der Waals surface area contributed by atoms with Crippen LogP contribution < -0.4 is 0 Å². The average Bonchev–Trinajstić information content (AvgIpc) is 2.85. The van der Waals surface area contributed by atoms with Gasteiger partial charge in [0.1, 0.15) is 12.4 Å². The molecule has 3 aliphatic rings. The zero-order chi connectivity index (χ0) is 21.1. The molecule has 0 heterocycles. The van der Waals surface area contributed by atoms with Crippen molar-refractivity contribution in [1.29, 1.82) is 0 Å². The van der Waals surface area contributed by atoms with Gasteiger partial charge in [-0.3, -0.25) is 9.59 Å². The molecule has 0 aromatic carbocycles.